The Labute approximate surface area is 86.4 Å². The number of hydrogen-bond acceptors (Lipinski definition) is 3. The monoisotopic (exact) mass is 199 g/mol. The molecule has 0 amide bonds. The molecule has 1 rings (SSSR count). The highest BCUT2D eigenvalue weighted by atomic mass is 16.5. The van der Waals surface area contributed by atoms with Gasteiger partial charge in [-0.05, 0) is 32.4 Å². The van der Waals surface area contributed by atoms with Crippen LogP contribution in [0.5, 0.6) is 0 Å². The van der Waals surface area contributed by atoms with Crippen LogP contribution in [-0.2, 0) is 9.53 Å². The fraction of sp³-hybridized carbons (Fsp3) is 0.909. The second-order valence-corrected chi connectivity index (χ2v) is 3.92. The van der Waals surface area contributed by atoms with Gasteiger partial charge in [-0.15, -0.1) is 0 Å². The molecule has 0 radical (unpaired) electrons. The molecule has 0 saturated carbocycles. The molecule has 82 valence electrons. The highest BCUT2D eigenvalue weighted by molar-refractivity contribution is 5.75. The topological polar surface area (TPSA) is 29.5 Å². The van der Waals surface area contributed by atoms with Gasteiger partial charge in [0.15, 0.2) is 0 Å². The van der Waals surface area contributed by atoms with Crippen LogP contribution in [0.15, 0.2) is 0 Å². The average molecular weight is 199 g/mol. The second-order valence-electron chi connectivity index (χ2n) is 3.92. The molecule has 1 fully saturated rings. The Hall–Kier alpha value is -0.570. The van der Waals surface area contributed by atoms with Gasteiger partial charge in [-0.1, -0.05) is 19.8 Å². The molecule has 0 unspecified atom stereocenters. The Morgan fingerprint density at radius 1 is 1.36 bits per heavy atom. The van der Waals surface area contributed by atoms with Gasteiger partial charge in [-0.25, -0.2) is 0 Å². The molecule has 1 aliphatic heterocycles. The average Bonchev–Trinajstić information content (AvgIpc) is 2.26. The summed E-state index contributed by atoms with van der Waals surface area (Å²) in [5, 5.41) is 0. The lowest BCUT2D eigenvalue weighted by atomic mass is 10.1. The van der Waals surface area contributed by atoms with Gasteiger partial charge in [0.05, 0.1) is 7.11 Å². The predicted octanol–water partition coefficient (Wildman–Crippen LogP) is 1.81. The minimum Gasteiger partial charge on any atom is -0.468 e. The Morgan fingerprint density at radius 2 is 2.00 bits per heavy atom. The molecule has 0 aromatic rings. The molecule has 3 heteroatoms. The summed E-state index contributed by atoms with van der Waals surface area (Å²) in [6.45, 7) is 4.22. The van der Waals surface area contributed by atoms with Crippen LogP contribution < -0.4 is 0 Å². The van der Waals surface area contributed by atoms with Gasteiger partial charge in [-0.3, -0.25) is 9.69 Å². The van der Waals surface area contributed by atoms with E-state index in [1.54, 1.807) is 0 Å². The van der Waals surface area contributed by atoms with Crippen molar-refractivity contribution in [3.63, 3.8) is 0 Å². The van der Waals surface area contributed by atoms with Crippen molar-refractivity contribution in [3.05, 3.63) is 0 Å². The smallest absolute Gasteiger partial charge is 0.323 e. The molecule has 0 aromatic heterocycles. The molecule has 0 spiro atoms. The van der Waals surface area contributed by atoms with Crippen molar-refractivity contribution in [3.8, 4) is 0 Å². The number of rotatable bonds is 4. The van der Waals surface area contributed by atoms with Crippen molar-refractivity contribution in [1.82, 2.24) is 4.90 Å². The van der Waals surface area contributed by atoms with Gasteiger partial charge in [0.2, 0.25) is 0 Å². The maximum Gasteiger partial charge on any atom is 0.323 e. The molecular formula is C11H21NO2. The summed E-state index contributed by atoms with van der Waals surface area (Å²) in [7, 11) is 1.48. The summed E-state index contributed by atoms with van der Waals surface area (Å²) in [6.07, 6.45) is 5.70. The third kappa shape index (κ3) is 2.98. The van der Waals surface area contributed by atoms with Gasteiger partial charge >= 0.3 is 5.97 Å². The van der Waals surface area contributed by atoms with Crippen LogP contribution in [0.4, 0.5) is 0 Å². The van der Waals surface area contributed by atoms with E-state index in [1.165, 1.54) is 26.4 Å². The lowest BCUT2D eigenvalue weighted by Gasteiger charge is -2.32. The van der Waals surface area contributed by atoms with Crippen LogP contribution in [0.25, 0.3) is 0 Å². The highest BCUT2D eigenvalue weighted by Gasteiger charge is 2.26. The number of esters is 1. The Morgan fingerprint density at radius 3 is 2.50 bits per heavy atom. The normalized spacial score (nSPS) is 20.4. The third-order valence-electron chi connectivity index (χ3n) is 2.87. The minimum absolute atomic E-state index is 0.00491. The maximum atomic E-state index is 11.5. The number of methoxy groups -OCH3 is 1. The zero-order valence-electron chi connectivity index (χ0n) is 9.29. The van der Waals surface area contributed by atoms with Gasteiger partial charge in [-0.2, -0.15) is 0 Å². The highest BCUT2D eigenvalue weighted by Crippen LogP contribution is 2.16. The molecule has 1 heterocycles. The van der Waals surface area contributed by atoms with Crippen LogP contribution in [-0.4, -0.2) is 37.1 Å². The fourth-order valence-electron chi connectivity index (χ4n) is 2.09. The number of carbonyl (C=O) groups is 1. The van der Waals surface area contributed by atoms with Crippen molar-refractivity contribution >= 4 is 5.97 Å². The van der Waals surface area contributed by atoms with E-state index in [9.17, 15) is 4.79 Å². The molecule has 0 aromatic carbocycles. The van der Waals surface area contributed by atoms with E-state index in [2.05, 4.69) is 11.8 Å². The van der Waals surface area contributed by atoms with E-state index in [4.69, 9.17) is 4.74 Å². The summed E-state index contributed by atoms with van der Waals surface area (Å²) in [5.74, 6) is -0.0613. The molecule has 1 saturated heterocycles. The first-order chi connectivity index (χ1) is 6.79. The number of hydrogen-bond donors (Lipinski definition) is 0. The number of ether oxygens (including phenoxy) is 1. The van der Waals surface area contributed by atoms with Crippen molar-refractivity contribution in [2.75, 3.05) is 20.2 Å². The van der Waals surface area contributed by atoms with E-state index >= 15 is 0 Å². The van der Waals surface area contributed by atoms with E-state index in [1.807, 2.05) is 0 Å². The van der Waals surface area contributed by atoms with E-state index in [0.717, 1.165) is 25.9 Å². The molecule has 3 nitrogen and oxygen atoms in total. The van der Waals surface area contributed by atoms with Gasteiger partial charge < -0.3 is 4.74 Å². The van der Waals surface area contributed by atoms with Crippen LogP contribution in [0.1, 0.15) is 39.0 Å². The first kappa shape index (κ1) is 11.5. The van der Waals surface area contributed by atoms with Crippen molar-refractivity contribution in [2.24, 2.45) is 0 Å². The van der Waals surface area contributed by atoms with Gasteiger partial charge in [0.25, 0.3) is 0 Å². The van der Waals surface area contributed by atoms with Crippen LogP contribution in [0.3, 0.4) is 0 Å². The summed E-state index contributed by atoms with van der Waals surface area (Å²) < 4.78 is 4.84. The first-order valence-electron chi connectivity index (χ1n) is 5.61. The summed E-state index contributed by atoms with van der Waals surface area (Å²) in [4.78, 5) is 13.8. The predicted molar refractivity (Wildman–Crippen MR) is 56.1 cm³/mol. The van der Waals surface area contributed by atoms with Crippen molar-refractivity contribution in [2.45, 2.75) is 45.1 Å². The van der Waals surface area contributed by atoms with Crippen molar-refractivity contribution in [1.29, 1.82) is 0 Å². The molecule has 1 atom stereocenters. The molecule has 1 aliphatic rings. The van der Waals surface area contributed by atoms with E-state index in [-0.39, 0.29) is 12.0 Å². The lowest BCUT2D eigenvalue weighted by Crippen LogP contribution is -2.44. The maximum absolute atomic E-state index is 11.5. The Kier molecular flexibility index (Phi) is 4.94. The van der Waals surface area contributed by atoms with Crippen LogP contribution in [0, 0.1) is 0 Å². The van der Waals surface area contributed by atoms with E-state index < -0.39 is 0 Å². The molecule has 0 N–H and O–H groups in total. The van der Waals surface area contributed by atoms with Gasteiger partial charge in [0.1, 0.15) is 6.04 Å². The standard InChI is InChI=1S/C11H21NO2/c1-3-7-10(11(13)14-2)12-8-5-4-6-9-12/h10H,3-9H2,1-2H3/t10-/m1/s1. The zero-order valence-corrected chi connectivity index (χ0v) is 9.29. The van der Waals surface area contributed by atoms with Crippen molar-refractivity contribution < 1.29 is 9.53 Å². The molecule has 14 heavy (non-hydrogen) atoms. The quantitative estimate of drug-likeness (QED) is 0.647. The summed E-state index contributed by atoms with van der Waals surface area (Å²) >= 11 is 0. The summed E-state index contributed by atoms with van der Waals surface area (Å²) in [5.41, 5.74) is 0. The third-order valence-corrected chi connectivity index (χ3v) is 2.87. The zero-order chi connectivity index (χ0) is 10.4. The number of piperidine rings is 1. The van der Waals surface area contributed by atoms with Gasteiger partial charge in [0, 0.05) is 0 Å². The molecular weight excluding hydrogens is 178 g/mol. The number of carbonyl (C=O) groups excluding carboxylic acids is 1. The fourth-order valence-corrected chi connectivity index (χ4v) is 2.09. The first-order valence-corrected chi connectivity index (χ1v) is 5.61. The van der Waals surface area contributed by atoms with Crippen LogP contribution >= 0.6 is 0 Å². The number of nitrogens with zero attached hydrogens (tertiary/aromatic N) is 1. The lowest BCUT2D eigenvalue weighted by molar-refractivity contribution is -0.147. The number of likely N-dealkylation sites (tertiary alicyclic amines) is 1. The van der Waals surface area contributed by atoms with E-state index in [0.29, 0.717) is 0 Å². The van der Waals surface area contributed by atoms with Crippen LogP contribution in [0.2, 0.25) is 0 Å². The molecule has 0 bridgehead atoms. The largest absolute Gasteiger partial charge is 0.468 e. The summed E-state index contributed by atoms with van der Waals surface area (Å²) in [6, 6.07) is 0.00491. The Balaban J connectivity index is 2.50. The SMILES string of the molecule is CCC[C@H](C(=O)OC)N1CCCCC1. The second kappa shape index (κ2) is 6.02. The minimum atomic E-state index is -0.0613. The molecule has 0 aliphatic carbocycles. The Bertz CT molecular complexity index is 176.